The maximum atomic E-state index is 14.9. The number of carboxylic acid groups (broad SMARTS) is 1. The molecule has 2 fully saturated rings. The monoisotopic (exact) mass is 510 g/mol. The van der Waals surface area contributed by atoms with Crippen molar-refractivity contribution >= 4 is 11.8 Å². The Balaban J connectivity index is 1.69. The van der Waals surface area contributed by atoms with Crippen LogP contribution in [0, 0.1) is 17.3 Å². The molecular weight excluding hydrogens is 483 g/mol. The largest absolute Gasteiger partial charge is 0.478 e. The van der Waals surface area contributed by atoms with Crippen LogP contribution in [0.25, 0.3) is 0 Å². The Morgan fingerprint density at radius 1 is 1.03 bits per heavy atom. The van der Waals surface area contributed by atoms with Crippen molar-refractivity contribution in [3.05, 3.63) is 58.2 Å². The van der Waals surface area contributed by atoms with E-state index in [0.717, 1.165) is 16.7 Å². The number of carbonyl (C=O) groups is 2. The van der Waals surface area contributed by atoms with Gasteiger partial charge in [0, 0.05) is 17.8 Å². The van der Waals surface area contributed by atoms with E-state index in [1.54, 1.807) is 18.2 Å². The number of hydrogen-bond donors (Lipinski definition) is 2. The third-order valence-electron chi connectivity index (χ3n) is 9.32. The van der Waals surface area contributed by atoms with Gasteiger partial charge >= 0.3 is 18.1 Å². The van der Waals surface area contributed by atoms with E-state index < -0.39 is 47.3 Å². The van der Waals surface area contributed by atoms with E-state index in [1.165, 1.54) is 19.1 Å². The van der Waals surface area contributed by atoms with Crippen molar-refractivity contribution in [1.29, 1.82) is 0 Å². The minimum absolute atomic E-state index is 0.0101. The lowest BCUT2D eigenvalue weighted by Crippen LogP contribution is -2.65. The first-order valence-corrected chi connectivity index (χ1v) is 12.2. The molecule has 9 heteroatoms. The topological polar surface area (TPSA) is 74.6 Å². The Bertz CT molecular complexity index is 1180. The van der Waals surface area contributed by atoms with Crippen molar-refractivity contribution in [2.24, 2.45) is 17.3 Å². The minimum Gasteiger partial charge on any atom is -0.478 e. The van der Waals surface area contributed by atoms with E-state index in [-0.39, 0.29) is 30.1 Å². The van der Waals surface area contributed by atoms with Gasteiger partial charge in [-0.05, 0) is 85.3 Å². The van der Waals surface area contributed by atoms with E-state index in [1.807, 2.05) is 0 Å². The predicted molar refractivity (Wildman–Crippen MR) is 120 cm³/mol. The molecule has 4 aliphatic carbocycles. The van der Waals surface area contributed by atoms with Crippen LogP contribution in [-0.2, 0) is 4.79 Å². The maximum Gasteiger partial charge on any atom is 0.456 e. The zero-order chi connectivity index (χ0) is 26.3. The van der Waals surface area contributed by atoms with Crippen molar-refractivity contribution in [2.75, 3.05) is 0 Å². The molecule has 5 atom stereocenters. The highest BCUT2D eigenvalue weighted by atomic mass is 19.4. The summed E-state index contributed by atoms with van der Waals surface area (Å²) < 4.78 is 70.6. The number of alkyl halides is 5. The molecule has 36 heavy (non-hydrogen) atoms. The second-order valence-electron chi connectivity index (χ2n) is 10.9. The van der Waals surface area contributed by atoms with Crippen molar-refractivity contribution in [3.8, 4) is 0 Å². The van der Waals surface area contributed by atoms with E-state index in [0.29, 0.717) is 31.2 Å². The van der Waals surface area contributed by atoms with Gasteiger partial charge in [-0.1, -0.05) is 24.6 Å². The number of fused-ring (bicyclic) bond motifs is 4. The van der Waals surface area contributed by atoms with Crippen LogP contribution in [0.3, 0.4) is 0 Å². The Hall–Kier alpha value is -2.55. The van der Waals surface area contributed by atoms with Gasteiger partial charge in [-0.25, -0.2) is 4.79 Å². The molecule has 0 saturated heterocycles. The smallest absolute Gasteiger partial charge is 0.456 e. The lowest BCUT2D eigenvalue weighted by molar-refractivity contribution is -0.362. The van der Waals surface area contributed by atoms with Gasteiger partial charge in [0.15, 0.2) is 5.78 Å². The molecule has 0 aliphatic heterocycles. The molecule has 4 aliphatic rings. The lowest BCUT2D eigenvalue weighted by Gasteiger charge is -2.56. The number of carboxylic acids is 1. The van der Waals surface area contributed by atoms with Gasteiger partial charge in [0.2, 0.25) is 0 Å². The van der Waals surface area contributed by atoms with E-state index in [4.69, 9.17) is 0 Å². The summed E-state index contributed by atoms with van der Waals surface area (Å²) in [6.07, 6.45) is -3.23. The third kappa shape index (κ3) is 3.34. The van der Waals surface area contributed by atoms with Crippen LogP contribution in [0.15, 0.2) is 47.1 Å². The number of halogens is 5. The highest BCUT2D eigenvalue weighted by Crippen LogP contribution is 2.70. The molecule has 1 aromatic rings. The van der Waals surface area contributed by atoms with Gasteiger partial charge in [0.1, 0.15) is 5.60 Å². The number of ketones is 1. The Morgan fingerprint density at radius 2 is 1.69 bits per heavy atom. The van der Waals surface area contributed by atoms with Crippen LogP contribution in [0.5, 0.6) is 0 Å². The second-order valence-corrected chi connectivity index (χ2v) is 10.9. The van der Waals surface area contributed by atoms with Crippen molar-refractivity contribution in [3.63, 3.8) is 0 Å². The zero-order valence-corrected chi connectivity index (χ0v) is 19.7. The number of benzene rings is 1. The second kappa shape index (κ2) is 7.97. The standard InChI is InChI=1S/C27H27F5O4/c1-24-13-20(14-2-4-15(5-3-14)23(34)35)22-18-9-7-17(33)12-16(18)6-8-19(22)21(24)10-11-25(24,36)26(28,29)27(30,31)32/h2-5,12,19-21,36H,6-11,13H2,1H3,(H,34,35)/t19?,20-,21?,24?,25+/m1/s1. The normalized spacial score (nSPS) is 34.6. The van der Waals surface area contributed by atoms with Gasteiger partial charge in [-0.15, -0.1) is 0 Å². The molecule has 1 aromatic carbocycles. The Labute approximate surface area is 204 Å². The first-order chi connectivity index (χ1) is 16.7. The van der Waals surface area contributed by atoms with E-state index in [2.05, 4.69) is 0 Å². The lowest BCUT2D eigenvalue weighted by atomic mass is 9.50. The van der Waals surface area contributed by atoms with E-state index in [9.17, 15) is 41.8 Å². The SMILES string of the molecule is CC12C[C@H](c3ccc(C(=O)O)cc3)C3=C4CCC(=O)C=C4CCC3C1CC[C@@]2(O)C(F)(F)C(F)(F)F. The first kappa shape index (κ1) is 25.1. The molecule has 5 rings (SSSR count). The molecule has 0 spiro atoms. The fourth-order valence-corrected chi connectivity index (χ4v) is 7.57. The fourth-order valence-electron chi connectivity index (χ4n) is 7.57. The Kier molecular flexibility index (Phi) is 5.56. The first-order valence-electron chi connectivity index (χ1n) is 12.2. The van der Waals surface area contributed by atoms with Crippen LogP contribution < -0.4 is 0 Å². The molecule has 4 nitrogen and oxygen atoms in total. The summed E-state index contributed by atoms with van der Waals surface area (Å²) in [7, 11) is 0. The molecular formula is C27H27F5O4. The van der Waals surface area contributed by atoms with Gasteiger partial charge in [-0.3, -0.25) is 4.79 Å². The highest BCUT2D eigenvalue weighted by Gasteiger charge is 2.79. The van der Waals surface area contributed by atoms with Crippen LogP contribution in [0.2, 0.25) is 0 Å². The summed E-state index contributed by atoms with van der Waals surface area (Å²) >= 11 is 0. The summed E-state index contributed by atoms with van der Waals surface area (Å²) in [4.78, 5) is 23.4. The average Bonchev–Trinajstić information content (AvgIpc) is 3.09. The zero-order valence-electron chi connectivity index (χ0n) is 19.7. The van der Waals surface area contributed by atoms with Gasteiger partial charge < -0.3 is 10.2 Å². The van der Waals surface area contributed by atoms with Crippen LogP contribution >= 0.6 is 0 Å². The third-order valence-corrected chi connectivity index (χ3v) is 9.32. The summed E-state index contributed by atoms with van der Waals surface area (Å²) in [5, 5.41) is 20.5. The predicted octanol–water partition coefficient (Wildman–Crippen LogP) is 6.21. The number of aromatic carboxylic acids is 1. The molecule has 0 aromatic heterocycles. The van der Waals surface area contributed by atoms with Crippen molar-refractivity contribution < 1.29 is 41.8 Å². The quantitative estimate of drug-likeness (QED) is 0.474. The molecule has 2 saturated carbocycles. The van der Waals surface area contributed by atoms with Gasteiger partial charge in [0.05, 0.1) is 5.56 Å². The van der Waals surface area contributed by atoms with Crippen LogP contribution in [0.1, 0.15) is 73.7 Å². The number of carbonyl (C=O) groups excluding carboxylic acids is 1. The number of allylic oxidation sites excluding steroid dienone is 4. The Morgan fingerprint density at radius 3 is 2.31 bits per heavy atom. The van der Waals surface area contributed by atoms with Crippen LogP contribution in [-0.4, -0.2) is 39.7 Å². The summed E-state index contributed by atoms with van der Waals surface area (Å²) in [6, 6.07) is 5.93. The minimum atomic E-state index is -5.90. The summed E-state index contributed by atoms with van der Waals surface area (Å²) in [5.74, 6) is -7.89. The molecule has 2 N–H and O–H groups in total. The fraction of sp³-hybridized carbons (Fsp3) is 0.556. The van der Waals surface area contributed by atoms with Gasteiger partial charge in [0.25, 0.3) is 0 Å². The molecule has 0 radical (unpaired) electrons. The molecule has 0 heterocycles. The average molecular weight is 510 g/mol. The van der Waals surface area contributed by atoms with Crippen molar-refractivity contribution in [2.45, 2.75) is 75.5 Å². The summed E-state index contributed by atoms with van der Waals surface area (Å²) in [5.41, 5.74) is -1.55. The van der Waals surface area contributed by atoms with Crippen LogP contribution in [0.4, 0.5) is 22.0 Å². The van der Waals surface area contributed by atoms with Crippen molar-refractivity contribution in [1.82, 2.24) is 0 Å². The molecule has 0 amide bonds. The molecule has 3 unspecified atom stereocenters. The number of rotatable bonds is 3. The number of aliphatic hydroxyl groups is 1. The summed E-state index contributed by atoms with van der Waals surface area (Å²) in [6.45, 7) is 1.36. The van der Waals surface area contributed by atoms with E-state index >= 15 is 0 Å². The highest BCUT2D eigenvalue weighted by molar-refractivity contribution is 5.93. The van der Waals surface area contributed by atoms with Gasteiger partial charge in [-0.2, -0.15) is 22.0 Å². The molecule has 194 valence electrons. The maximum absolute atomic E-state index is 14.9. The molecule has 0 bridgehead atoms. The number of hydrogen-bond acceptors (Lipinski definition) is 3.